The van der Waals surface area contributed by atoms with Crippen molar-refractivity contribution in [1.82, 2.24) is 15.5 Å². The van der Waals surface area contributed by atoms with E-state index in [0.29, 0.717) is 18.4 Å². The minimum atomic E-state index is 0.0771. The van der Waals surface area contributed by atoms with Crippen LogP contribution in [0.3, 0.4) is 0 Å². The van der Waals surface area contributed by atoms with Crippen LogP contribution in [0.15, 0.2) is 30.3 Å². The topological polar surface area (TPSA) is 44.4 Å². The van der Waals surface area contributed by atoms with E-state index in [0.717, 1.165) is 31.7 Å². The Morgan fingerprint density at radius 2 is 1.89 bits per heavy atom. The molecule has 0 radical (unpaired) electrons. The van der Waals surface area contributed by atoms with Gasteiger partial charge in [-0.1, -0.05) is 30.3 Å². The molecule has 0 aromatic heterocycles. The van der Waals surface area contributed by atoms with Gasteiger partial charge >= 0.3 is 6.03 Å². The molecule has 2 aliphatic rings. The van der Waals surface area contributed by atoms with Crippen LogP contribution in [-0.4, -0.2) is 37.1 Å². The highest BCUT2D eigenvalue weighted by molar-refractivity contribution is 5.74. The van der Waals surface area contributed by atoms with Crippen molar-refractivity contribution >= 4 is 6.03 Å². The molecule has 2 saturated heterocycles. The number of benzene rings is 1. The van der Waals surface area contributed by atoms with E-state index in [-0.39, 0.29) is 6.03 Å². The lowest BCUT2D eigenvalue weighted by Gasteiger charge is -2.18. The first kappa shape index (κ1) is 11.5. The Bertz CT molecular complexity index is 408. The zero-order valence-corrected chi connectivity index (χ0v) is 10.4. The first-order chi connectivity index (χ1) is 8.83. The van der Waals surface area contributed by atoms with Gasteiger partial charge in [-0.05, 0) is 17.4 Å². The monoisotopic (exact) mass is 245 g/mol. The number of nitrogens with zero attached hydrogens (tertiary/aromatic N) is 1. The summed E-state index contributed by atoms with van der Waals surface area (Å²) in [6.45, 7) is 4.54. The fourth-order valence-electron chi connectivity index (χ4n) is 2.91. The molecule has 2 fully saturated rings. The van der Waals surface area contributed by atoms with E-state index in [9.17, 15) is 4.79 Å². The molecule has 2 heterocycles. The van der Waals surface area contributed by atoms with E-state index < -0.39 is 0 Å². The van der Waals surface area contributed by atoms with Gasteiger partial charge in [0.2, 0.25) is 0 Å². The lowest BCUT2D eigenvalue weighted by Crippen LogP contribution is -2.39. The maximum atomic E-state index is 12.0. The molecule has 3 rings (SSSR count). The second kappa shape index (κ2) is 4.98. The van der Waals surface area contributed by atoms with Crippen LogP contribution in [0.4, 0.5) is 4.79 Å². The Morgan fingerprint density at radius 1 is 1.22 bits per heavy atom. The van der Waals surface area contributed by atoms with E-state index in [2.05, 4.69) is 10.6 Å². The van der Waals surface area contributed by atoms with Crippen LogP contribution in [0.5, 0.6) is 0 Å². The Labute approximate surface area is 107 Å². The van der Waals surface area contributed by atoms with E-state index in [1.165, 1.54) is 0 Å². The van der Waals surface area contributed by atoms with E-state index in [1.807, 2.05) is 35.2 Å². The highest BCUT2D eigenvalue weighted by atomic mass is 16.2. The number of rotatable bonds is 2. The maximum absolute atomic E-state index is 12.0. The molecule has 1 aromatic rings. The van der Waals surface area contributed by atoms with Crippen LogP contribution in [-0.2, 0) is 6.54 Å². The van der Waals surface area contributed by atoms with E-state index >= 15 is 0 Å². The number of carbonyl (C=O) groups is 1. The molecule has 2 N–H and O–H groups in total. The zero-order valence-electron chi connectivity index (χ0n) is 10.4. The van der Waals surface area contributed by atoms with Gasteiger partial charge in [-0.2, -0.15) is 0 Å². The summed E-state index contributed by atoms with van der Waals surface area (Å²) in [5.74, 6) is 1.32. The van der Waals surface area contributed by atoms with Gasteiger partial charge in [0.15, 0.2) is 0 Å². The molecule has 4 nitrogen and oxygen atoms in total. The van der Waals surface area contributed by atoms with Crippen molar-refractivity contribution in [1.29, 1.82) is 0 Å². The van der Waals surface area contributed by atoms with Gasteiger partial charge in [0, 0.05) is 32.7 Å². The normalized spacial score (nSPS) is 26.1. The fraction of sp³-hybridized carbons (Fsp3) is 0.500. The molecule has 1 aromatic carbocycles. The van der Waals surface area contributed by atoms with Crippen molar-refractivity contribution in [2.75, 3.05) is 26.2 Å². The van der Waals surface area contributed by atoms with Crippen LogP contribution in [0.1, 0.15) is 5.56 Å². The largest absolute Gasteiger partial charge is 0.334 e. The summed E-state index contributed by atoms with van der Waals surface area (Å²) in [5, 5.41) is 6.38. The van der Waals surface area contributed by atoms with Crippen molar-refractivity contribution in [3.8, 4) is 0 Å². The third-order valence-corrected chi connectivity index (χ3v) is 3.96. The van der Waals surface area contributed by atoms with Gasteiger partial charge in [0.05, 0.1) is 0 Å². The Kier molecular flexibility index (Phi) is 3.19. The number of amides is 2. The van der Waals surface area contributed by atoms with Crippen molar-refractivity contribution < 1.29 is 4.79 Å². The summed E-state index contributed by atoms with van der Waals surface area (Å²) in [4.78, 5) is 14.0. The highest BCUT2D eigenvalue weighted by Gasteiger charge is 2.37. The molecule has 2 amide bonds. The van der Waals surface area contributed by atoms with Gasteiger partial charge in [-0.25, -0.2) is 4.79 Å². The Morgan fingerprint density at radius 3 is 2.56 bits per heavy atom. The molecule has 0 aliphatic carbocycles. The summed E-state index contributed by atoms with van der Waals surface area (Å²) in [5.41, 5.74) is 1.15. The smallest absolute Gasteiger partial charge is 0.317 e. The van der Waals surface area contributed by atoms with Crippen LogP contribution < -0.4 is 10.6 Å². The lowest BCUT2D eigenvalue weighted by molar-refractivity contribution is 0.205. The predicted molar refractivity (Wildman–Crippen MR) is 70.1 cm³/mol. The van der Waals surface area contributed by atoms with Crippen molar-refractivity contribution in [3.05, 3.63) is 35.9 Å². The average molecular weight is 245 g/mol. The number of likely N-dealkylation sites (tertiary alicyclic amines) is 1. The summed E-state index contributed by atoms with van der Waals surface area (Å²) in [7, 11) is 0. The predicted octanol–water partition coefficient (Wildman–Crippen LogP) is 1.05. The zero-order chi connectivity index (χ0) is 12.4. The second-order valence-electron chi connectivity index (χ2n) is 5.23. The SMILES string of the molecule is O=C(NCc1ccccc1)N1CC2CNCC2C1. The summed E-state index contributed by atoms with van der Waals surface area (Å²) >= 11 is 0. The van der Waals surface area contributed by atoms with Crippen molar-refractivity contribution in [3.63, 3.8) is 0 Å². The molecule has 4 heteroatoms. The van der Waals surface area contributed by atoms with Gasteiger partial charge in [0.25, 0.3) is 0 Å². The first-order valence-corrected chi connectivity index (χ1v) is 6.60. The van der Waals surface area contributed by atoms with Crippen molar-refractivity contribution in [2.24, 2.45) is 11.8 Å². The highest BCUT2D eigenvalue weighted by Crippen LogP contribution is 2.26. The summed E-state index contributed by atoms with van der Waals surface area (Å²) in [6, 6.07) is 10.1. The molecule has 0 spiro atoms. The van der Waals surface area contributed by atoms with Crippen molar-refractivity contribution in [2.45, 2.75) is 6.54 Å². The maximum Gasteiger partial charge on any atom is 0.317 e. The Hall–Kier alpha value is -1.55. The number of urea groups is 1. The second-order valence-corrected chi connectivity index (χ2v) is 5.23. The summed E-state index contributed by atoms with van der Waals surface area (Å²) in [6.07, 6.45) is 0. The third kappa shape index (κ3) is 2.34. The minimum absolute atomic E-state index is 0.0771. The minimum Gasteiger partial charge on any atom is -0.334 e. The molecule has 2 atom stereocenters. The molecular formula is C14H19N3O. The van der Waals surface area contributed by atoms with Crippen LogP contribution in [0.2, 0.25) is 0 Å². The summed E-state index contributed by atoms with van der Waals surface area (Å²) < 4.78 is 0. The van der Waals surface area contributed by atoms with Crippen LogP contribution in [0.25, 0.3) is 0 Å². The van der Waals surface area contributed by atoms with Crippen LogP contribution in [0, 0.1) is 11.8 Å². The standard InChI is InChI=1S/C14H19N3O/c18-14(16-6-11-4-2-1-3-5-11)17-9-12-7-15-8-13(12)10-17/h1-5,12-13,15H,6-10H2,(H,16,18). The first-order valence-electron chi connectivity index (χ1n) is 6.60. The molecule has 2 unspecified atom stereocenters. The fourth-order valence-corrected chi connectivity index (χ4v) is 2.91. The lowest BCUT2D eigenvalue weighted by atomic mass is 10.0. The molecule has 2 aliphatic heterocycles. The van der Waals surface area contributed by atoms with Gasteiger partial charge in [-0.3, -0.25) is 0 Å². The quantitative estimate of drug-likeness (QED) is 0.818. The van der Waals surface area contributed by atoms with Gasteiger partial charge in [0.1, 0.15) is 0 Å². The Balaban J connectivity index is 1.50. The molecule has 18 heavy (non-hydrogen) atoms. The number of nitrogens with one attached hydrogen (secondary N) is 2. The molecule has 0 saturated carbocycles. The van der Waals surface area contributed by atoms with Crippen LogP contribution >= 0.6 is 0 Å². The van der Waals surface area contributed by atoms with E-state index in [4.69, 9.17) is 0 Å². The molecule has 0 bridgehead atoms. The average Bonchev–Trinajstić information content (AvgIpc) is 2.98. The van der Waals surface area contributed by atoms with E-state index in [1.54, 1.807) is 0 Å². The molecule has 96 valence electrons. The third-order valence-electron chi connectivity index (χ3n) is 3.96. The number of carbonyl (C=O) groups excluding carboxylic acids is 1. The van der Waals surface area contributed by atoms with Gasteiger partial charge < -0.3 is 15.5 Å². The number of hydrogen-bond donors (Lipinski definition) is 2. The number of hydrogen-bond acceptors (Lipinski definition) is 2. The van der Waals surface area contributed by atoms with Gasteiger partial charge in [-0.15, -0.1) is 0 Å². The number of fused-ring (bicyclic) bond motifs is 1. The molecular weight excluding hydrogens is 226 g/mol.